The maximum atomic E-state index is 14.6. The van der Waals surface area contributed by atoms with E-state index >= 15 is 0 Å². The van der Waals surface area contributed by atoms with E-state index < -0.39 is 17.8 Å². The molecule has 4 rings (SSSR count). The summed E-state index contributed by atoms with van der Waals surface area (Å²) < 4.78 is 16.1. The lowest BCUT2D eigenvalue weighted by molar-refractivity contribution is 0.0666. The summed E-state index contributed by atoms with van der Waals surface area (Å²) in [4.78, 5) is 33.7. The molecule has 0 bridgehead atoms. The van der Waals surface area contributed by atoms with Crippen LogP contribution in [-0.2, 0) is 0 Å². The van der Waals surface area contributed by atoms with Gasteiger partial charge in [-0.1, -0.05) is 49.7 Å². The van der Waals surface area contributed by atoms with Crippen LogP contribution in [0.25, 0.3) is 16.6 Å². The maximum absolute atomic E-state index is 14.6. The molecule has 0 fully saturated rings. The molecular weight excluding hydrogens is 465 g/mol. The number of amides is 1. The molecule has 180 valence electrons. The van der Waals surface area contributed by atoms with Crippen molar-refractivity contribution in [3.63, 3.8) is 0 Å². The first-order chi connectivity index (χ1) is 16.8. The molecule has 4 aromatic rings. The minimum atomic E-state index is -0.617. The summed E-state index contributed by atoms with van der Waals surface area (Å²) in [5.74, 6) is -0.312. The van der Waals surface area contributed by atoms with E-state index in [1.807, 2.05) is 13.0 Å². The fourth-order valence-corrected chi connectivity index (χ4v) is 4.19. The molecule has 0 spiro atoms. The fraction of sp³-hybridized carbons (Fsp3) is 0.250. The average molecular weight is 492 g/mol. The SMILES string of the molecule is CC(C)CCN(C(=O)c1ccccc1F)C(C)c1nc2ccccc2c(=O)n1-c1ccc(Cl)cc1. The third-order valence-electron chi connectivity index (χ3n) is 6.04. The maximum Gasteiger partial charge on any atom is 0.266 e. The van der Waals surface area contributed by atoms with Gasteiger partial charge in [-0.05, 0) is 67.8 Å². The van der Waals surface area contributed by atoms with Gasteiger partial charge in [0.1, 0.15) is 11.6 Å². The molecule has 1 amide bonds. The molecule has 0 saturated carbocycles. The Hall–Kier alpha value is -3.51. The van der Waals surface area contributed by atoms with Gasteiger partial charge in [-0.3, -0.25) is 14.2 Å². The molecule has 1 aromatic heterocycles. The van der Waals surface area contributed by atoms with E-state index in [1.54, 1.807) is 59.5 Å². The number of benzene rings is 3. The van der Waals surface area contributed by atoms with Crippen molar-refractivity contribution < 1.29 is 9.18 Å². The number of rotatable bonds is 7. The molecular formula is C28H27ClFN3O2. The zero-order chi connectivity index (χ0) is 25.1. The van der Waals surface area contributed by atoms with Crippen LogP contribution in [0.5, 0.6) is 0 Å². The Kier molecular flexibility index (Phi) is 7.31. The summed E-state index contributed by atoms with van der Waals surface area (Å²) in [6.07, 6.45) is 0.712. The second-order valence-electron chi connectivity index (χ2n) is 8.94. The van der Waals surface area contributed by atoms with E-state index in [0.717, 1.165) is 0 Å². The van der Waals surface area contributed by atoms with Crippen LogP contribution in [0.3, 0.4) is 0 Å². The van der Waals surface area contributed by atoms with Gasteiger partial charge >= 0.3 is 0 Å². The molecule has 3 aromatic carbocycles. The molecule has 0 aliphatic rings. The number of fused-ring (bicyclic) bond motifs is 1. The number of hydrogen-bond donors (Lipinski definition) is 0. The molecule has 1 heterocycles. The van der Waals surface area contributed by atoms with Crippen molar-refractivity contribution in [1.82, 2.24) is 14.5 Å². The number of para-hydroxylation sites is 1. The molecule has 0 aliphatic heterocycles. The van der Waals surface area contributed by atoms with Crippen LogP contribution in [0.4, 0.5) is 4.39 Å². The van der Waals surface area contributed by atoms with Crippen molar-refractivity contribution >= 4 is 28.4 Å². The van der Waals surface area contributed by atoms with Crippen LogP contribution in [0.2, 0.25) is 5.02 Å². The first-order valence-electron chi connectivity index (χ1n) is 11.6. The van der Waals surface area contributed by atoms with E-state index in [-0.39, 0.29) is 11.1 Å². The van der Waals surface area contributed by atoms with Crippen molar-refractivity contribution in [1.29, 1.82) is 0 Å². The van der Waals surface area contributed by atoms with Crippen LogP contribution >= 0.6 is 11.6 Å². The Morgan fingerprint density at radius 2 is 1.66 bits per heavy atom. The van der Waals surface area contributed by atoms with Gasteiger partial charge in [-0.2, -0.15) is 0 Å². The molecule has 0 radical (unpaired) electrons. The first kappa shape index (κ1) is 24.6. The minimum Gasteiger partial charge on any atom is -0.329 e. The molecule has 35 heavy (non-hydrogen) atoms. The highest BCUT2D eigenvalue weighted by atomic mass is 35.5. The van der Waals surface area contributed by atoms with Crippen molar-refractivity contribution in [2.24, 2.45) is 5.92 Å². The fourth-order valence-electron chi connectivity index (χ4n) is 4.07. The molecule has 0 N–H and O–H groups in total. The molecule has 0 saturated heterocycles. The normalized spacial score (nSPS) is 12.2. The summed E-state index contributed by atoms with van der Waals surface area (Å²) in [7, 11) is 0. The van der Waals surface area contributed by atoms with E-state index in [4.69, 9.17) is 16.6 Å². The van der Waals surface area contributed by atoms with Gasteiger partial charge in [-0.15, -0.1) is 0 Å². The second kappa shape index (κ2) is 10.4. The minimum absolute atomic E-state index is 0.00992. The predicted octanol–water partition coefficient (Wildman–Crippen LogP) is 6.43. The Morgan fingerprint density at radius 1 is 1.00 bits per heavy atom. The van der Waals surface area contributed by atoms with Gasteiger partial charge in [0.05, 0.1) is 28.2 Å². The van der Waals surface area contributed by atoms with Gasteiger partial charge < -0.3 is 4.90 Å². The van der Waals surface area contributed by atoms with E-state index in [2.05, 4.69) is 13.8 Å². The zero-order valence-electron chi connectivity index (χ0n) is 19.9. The van der Waals surface area contributed by atoms with Crippen LogP contribution < -0.4 is 5.56 Å². The summed E-state index contributed by atoms with van der Waals surface area (Å²) in [6.45, 7) is 6.33. The Morgan fingerprint density at radius 3 is 2.34 bits per heavy atom. The molecule has 7 heteroatoms. The largest absolute Gasteiger partial charge is 0.329 e. The lowest BCUT2D eigenvalue weighted by atomic mass is 10.1. The van der Waals surface area contributed by atoms with Crippen molar-refractivity contribution in [2.45, 2.75) is 33.2 Å². The van der Waals surface area contributed by atoms with Crippen LogP contribution in [-0.4, -0.2) is 26.9 Å². The molecule has 0 aliphatic carbocycles. The lowest BCUT2D eigenvalue weighted by Gasteiger charge is -2.31. The monoisotopic (exact) mass is 491 g/mol. The van der Waals surface area contributed by atoms with Gasteiger partial charge in [0.25, 0.3) is 11.5 Å². The van der Waals surface area contributed by atoms with Gasteiger partial charge in [0, 0.05) is 11.6 Å². The summed E-state index contributed by atoms with van der Waals surface area (Å²) >= 11 is 6.09. The molecule has 5 nitrogen and oxygen atoms in total. The summed E-state index contributed by atoms with van der Waals surface area (Å²) in [6, 6.07) is 19.3. The Labute approximate surface area is 208 Å². The highest BCUT2D eigenvalue weighted by Crippen LogP contribution is 2.26. The number of aromatic nitrogens is 2. The summed E-state index contributed by atoms with van der Waals surface area (Å²) in [5, 5.41) is 1.01. The third-order valence-corrected chi connectivity index (χ3v) is 6.29. The van der Waals surface area contributed by atoms with E-state index in [1.165, 1.54) is 16.7 Å². The molecule has 1 atom stereocenters. The van der Waals surface area contributed by atoms with Crippen LogP contribution in [0.15, 0.2) is 77.6 Å². The predicted molar refractivity (Wildman–Crippen MR) is 138 cm³/mol. The number of carbonyl (C=O) groups excluding carboxylic acids is 1. The standard InChI is InChI=1S/C28H27ClFN3O2/c1-18(2)16-17-32(27(34)22-8-4-6-10-24(22)30)19(3)26-31-25-11-7-5-9-23(25)28(35)33(26)21-14-12-20(29)13-15-21/h4-15,18-19H,16-17H2,1-3H3. The van der Waals surface area contributed by atoms with Gasteiger partial charge in [0.15, 0.2) is 0 Å². The number of nitrogens with zero attached hydrogens (tertiary/aromatic N) is 3. The zero-order valence-corrected chi connectivity index (χ0v) is 20.7. The van der Waals surface area contributed by atoms with E-state index in [9.17, 15) is 14.0 Å². The van der Waals surface area contributed by atoms with Crippen molar-refractivity contribution in [2.75, 3.05) is 6.54 Å². The molecule has 1 unspecified atom stereocenters. The number of carbonyl (C=O) groups is 1. The van der Waals surface area contributed by atoms with Crippen LogP contribution in [0.1, 0.15) is 49.4 Å². The summed E-state index contributed by atoms with van der Waals surface area (Å²) in [5.41, 5.74) is 0.861. The first-order valence-corrected chi connectivity index (χ1v) is 12.0. The van der Waals surface area contributed by atoms with Crippen molar-refractivity contribution in [3.8, 4) is 5.69 Å². The topological polar surface area (TPSA) is 55.2 Å². The Bertz CT molecular complexity index is 1420. The number of halogens is 2. The van der Waals surface area contributed by atoms with Crippen LogP contribution in [0, 0.1) is 11.7 Å². The Balaban J connectivity index is 1.91. The number of hydrogen-bond acceptors (Lipinski definition) is 3. The highest BCUT2D eigenvalue weighted by molar-refractivity contribution is 6.30. The van der Waals surface area contributed by atoms with Crippen molar-refractivity contribution in [3.05, 3.63) is 105 Å². The average Bonchev–Trinajstić information content (AvgIpc) is 2.84. The third kappa shape index (κ3) is 5.13. The quantitative estimate of drug-likeness (QED) is 0.299. The second-order valence-corrected chi connectivity index (χ2v) is 9.38. The highest BCUT2D eigenvalue weighted by Gasteiger charge is 2.29. The lowest BCUT2D eigenvalue weighted by Crippen LogP contribution is -2.38. The van der Waals surface area contributed by atoms with Gasteiger partial charge in [-0.25, -0.2) is 9.37 Å². The van der Waals surface area contributed by atoms with E-state index in [0.29, 0.717) is 46.3 Å². The smallest absolute Gasteiger partial charge is 0.266 e. The van der Waals surface area contributed by atoms with Gasteiger partial charge in [0.2, 0.25) is 0 Å².